The molecule has 2 fully saturated rings. The maximum absolute atomic E-state index is 12.6. The number of aryl methyl sites for hydroxylation is 1. The fourth-order valence-electron chi connectivity index (χ4n) is 3.10. The average Bonchev–Trinajstić information content (AvgIpc) is 3.25. The lowest BCUT2D eigenvalue weighted by Crippen LogP contribution is -2.46. The van der Waals surface area contributed by atoms with E-state index in [1.54, 1.807) is 12.1 Å². The van der Waals surface area contributed by atoms with Gasteiger partial charge in [-0.05, 0) is 44.2 Å². The molecule has 1 aliphatic heterocycles. The van der Waals surface area contributed by atoms with Gasteiger partial charge < -0.3 is 5.32 Å². The van der Waals surface area contributed by atoms with Gasteiger partial charge in [-0.1, -0.05) is 24.6 Å². The van der Waals surface area contributed by atoms with Gasteiger partial charge in [-0.25, -0.2) is 8.42 Å². The number of benzene rings is 1. The van der Waals surface area contributed by atoms with E-state index in [1.807, 2.05) is 19.1 Å². The summed E-state index contributed by atoms with van der Waals surface area (Å²) in [6.45, 7) is 4.94. The second-order valence-corrected chi connectivity index (χ2v) is 8.76. The van der Waals surface area contributed by atoms with Crippen LogP contribution in [0.5, 0.6) is 0 Å². The molecule has 1 amide bonds. The number of rotatable bonds is 4. The van der Waals surface area contributed by atoms with E-state index >= 15 is 0 Å². The van der Waals surface area contributed by atoms with Gasteiger partial charge in [0.15, 0.2) is 0 Å². The van der Waals surface area contributed by atoms with Crippen molar-refractivity contribution in [2.24, 2.45) is 11.8 Å². The predicted octanol–water partition coefficient (Wildman–Crippen LogP) is 1.92. The molecule has 2 unspecified atom stereocenters. The van der Waals surface area contributed by atoms with Crippen LogP contribution >= 0.6 is 0 Å². The second-order valence-electron chi connectivity index (χ2n) is 6.82. The zero-order chi connectivity index (χ0) is 16.6. The molecule has 0 aromatic heterocycles. The number of nitrogens with zero attached hydrogens (tertiary/aromatic N) is 1. The first-order chi connectivity index (χ1) is 10.9. The molecular formula is C17H24N2O3S. The van der Waals surface area contributed by atoms with Crippen LogP contribution in [0.1, 0.15) is 31.7 Å². The highest BCUT2D eigenvalue weighted by Crippen LogP contribution is 2.38. The predicted molar refractivity (Wildman–Crippen MR) is 88.4 cm³/mol. The first-order valence-electron chi connectivity index (χ1n) is 8.25. The number of piperidine rings is 1. The number of hydrogen-bond donors (Lipinski definition) is 1. The van der Waals surface area contributed by atoms with Crippen LogP contribution < -0.4 is 5.32 Å². The summed E-state index contributed by atoms with van der Waals surface area (Å²) in [4.78, 5) is 12.3. The molecule has 1 aromatic carbocycles. The van der Waals surface area contributed by atoms with Crippen molar-refractivity contribution >= 4 is 15.9 Å². The minimum Gasteiger partial charge on any atom is -0.353 e. The molecule has 1 heterocycles. The lowest BCUT2D eigenvalue weighted by Gasteiger charge is -2.31. The third kappa shape index (κ3) is 3.58. The standard InChI is InChI=1S/C17H24N2O3S/c1-12-3-5-15(6-4-12)23(21,22)19-9-7-14(8-10-19)18-17(20)16-11-13(16)2/h3-6,13-14,16H,7-11H2,1-2H3,(H,18,20). The van der Waals surface area contributed by atoms with Crippen molar-refractivity contribution in [3.63, 3.8) is 0 Å². The Hall–Kier alpha value is -1.40. The van der Waals surface area contributed by atoms with E-state index in [4.69, 9.17) is 0 Å². The first-order valence-corrected chi connectivity index (χ1v) is 9.69. The molecule has 6 heteroatoms. The number of amides is 1. The minimum atomic E-state index is -3.42. The Morgan fingerprint density at radius 1 is 1.17 bits per heavy atom. The summed E-state index contributed by atoms with van der Waals surface area (Å²) in [6.07, 6.45) is 2.34. The number of hydrogen-bond acceptors (Lipinski definition) is 3. The fraction of sp³-hybridized carbons (Fsp3) is 0.588. The van der Waals surface area contributed by atoms with Gasteiger partial charge in [0.1, 0.15) is 0 Å². The minimum absolute atomic E-state index is 0.0970. The third-order valence-electron chi connectivity index (χ3n) is 4.91. The monoisotopic (exact) mass is 336 g/mol. The Morgan fingerprint density at radius 3 is 2.26 bits per heavy atom. The lowest BCUT2D eigenvalue weighted by molar-refractivity contribution is -0.123. The molecule has 1 saturated heterocycles. The zero-order valence-electron chi connectivity index (χ0n) is 13.7. The van der Waals surface area contributed by atoms with Gasteiger partial charge in [0, 0.05) is 25.0 Å². The fourth-order valence-corrected chi connectivity index (χ4v) is 4.57. The molecule has 2 atom stereocenters. The van der Waals surface area contributed by atoms with Gasteiger partial charge in [0.25, 0.3) is 0 Å². The molecular weight excluding hydrogens is 312 g/mol. The molecule has 1 saturated carbocycles. The van der Waals surface area contributed by atoms with E-state index in [1.165, 1.54) is 4.31 Å². The maximum Gasteiger partial charge on any atom is 0.243 e. The summed E-state index contributed by atoms with van der Waals surface area (Å²) < 4.78 is 26.8. The van der Waals surface area contributed by atoms with E-state index in [9.17, 15) is 13.2 Å². The highest BCUT2D eigenvalue weighted by molar-refractivity contribution is 7.89. The van der Waals surface area contributed by atoms with Crippen LogP contribution in [0.4, 0.5) is 0 Å². The van der Waals surface area contributed by atoms with Crippen LogP contribution in [0, 0.1) is 18.8 Å². The molecule has 1 aromatic rings. The van der Waals surface area contributed by atoms with Gasteiger partial charge in [-0.2, -0.15) is 4.31 Å². The Kier molecular flexibility index (Phi) is 4.47. The zero-order valence-corrected chi connectivity index (χ0v) is 14.5. The topological polar surface area (TPSA) is 66.5 Å². The van der Waals surface area contributed by atoms with E-state index < -0.39 is 10.0 Å². The molecule has 0 bridgehead atoms. The third-order valence-corrected chi connectivity index (χ3v) is 6.82. The Bertz CT molecular complexity index is 676. The number of carbonyl (C=O) groups excluding carboxylic acids is 1. The van der Waals surface area contributed by atoms with Gasteiger partial charge in [-0.15, -0.1) is 0 Å². The molecule has 23 heavy (non-hydrogen) atoms. The van der Waals surface area contributed by atoms with E-state index in [0.717, 1.165) is 12.0 Å². The Labute approximate surface area is 138 Å². The highest BCUT2D eigenvalue weighted by atomic mass is 32.2. The summed E-state index contributed by atoms with van der Waals surface area (Å²) in [6, 6.07) is 7.05. The summed E-state index contributed by atoms with van der Waals surface area (Å²) >= 11 is 0. The van der Waals surface area contributed by atoms with Crippen molar-refractivity contribution in [2.75, 3.05) is 13.1 Å². The Morgan fingerprint density at radius 2 is 1.74 bits per heavy atom. The summed E-state index contributed by atoms with van der Waals surface area (Å²) in [5, 5.41) is 3.07. The van der Waals surface area contributed by atoms with Gasteiger partial charge in [0.2, 0.25) is 15.9 Å². The van der Waals surface area contributed by atoms with Crippen molar-refractivity contribution < 1.29 is 13.2 Å². The number of carbonyl (C=O) groups is 1. The van der Waals surface area contributed by atoms with Crippen molar-refractivity contribution in [1.82, 2.24) is 9.62 Å². The van der Waals surface area contributed by atoms with Crippen LogP contribution in [-0.4, -0.2) is 37.8 Å². The lowest BCUT2D eigenvalue weighted by atomic mass is 10.1. The van der Waals surface area contributed by atoms with Crippen LogP contribution in [0.3, 0.4) is 0 Å². The summed E-state index contributed by atoms with van der Waals surface area (Å²) in [5.41, 5.74) is 1.04. The quantitative estimate of drug-likeness (QED) is 0.913. The average molecular weight is 336 g/mol. The Balaban J connectivity index is 1.57. The van der Waals surface area contributed by atoms with E-state index in [0.29, 0.717) is 36.7 Å². The molecule has 3 rings (SSSR count). The molecule has 5 nitrogen and oxygen atoms in total. The van der Waals surface area contributed by atoms with Crippen LogP contribution in [-0.2, 0) is 14.8 Å². The van der Waals surface area contributed by atoms with Crippen molar-refractivity contribution in [3.05, 3.63) is 29.8 Å². The largest absolute Gasteiger partial charge is 0.353 e. The highest BCUT2D eigenvalue weighted by Gasteiger charge is 2.40. The number of sulfonamides is 1. The maximum atomic E-state index is 12.6. The van der Waals surface area contributed by atoms with E-state index in [-0.39, 0.29) is 17.9 Å². The van der Waals surface area contributed by atoms with Gasteiger partial charge in [-0.3, -0.25) is 4.79 Å². The molecule has 0 spiro atoms. The van der Waals surface area contributed by atoms with Gasteiger partial charge in [0.05, 0.1) is 4.90 Å². The molecule has 0 radical (unpaired) electrons. The van der Waals surface area contributed by atoms with Crippen LogP contribution in [0.2, 0.25) is 0 Å². The smallest absolute Gasteiger partial charge is 0.243 e. The molecule has 2 aliphatic rings. The molecule has 1 N–H and O–H groups in total. The van der Waals surface area contributed by atoms with Crippen LogP contribution in [0.15, 0.2) is 29.2 Å². The molecule has 1 aliphatic carbocycles. The second kappa shape index (κ2) is 6.24. The summed E-state index contributed by atoms with van der Waals surface area (Å²) in [7, 11) is -3.42. The van der Waals surface area contributed by atoms with E-state index in [2.05, 4.69) is 12.2 Å². The van der Waals surface area contributed by atoms with Gasteiger partial charge >= 0.3 is 0 Å². The normalized spacial score (nSPS) is 26.0. The molecule has 126 valence electrons. The number of nitrogens with one attached hydrogen (secondary N) is 1. The van der Waals surface area contributed by atoms with Crippen molar-refractivity contribution in [3.8, 4) is 0 Å². The first kappa shape index (κ1) is 16.5. The van der Waals surface area contributed by atoms with Crippen molar-refractivity contribution in [2.45, 2.75) is 44.0 Å². The SMILES string of the molecule is Cc1ccc(S(=O)(=O)N2CCC(NC(=O)C3CC3C)CC2)cc1. The summed E-state index contributed by atoms with van der Waals surface area (Å²) in [5.74, 6) is 0.804. The van der Waals surface area contributed by atoms with Crippen molar-refractivity contribution in [1.29, 1.82) is 0 Å². The van der Waals surface area contributed by atoms with Crippen LogP contribution in [0.25, 0.3) is 0 Å².